The summed E-state index contributed by atoms with van der Waals surface area (Å²) in [4.78, 5) is 37.4. The van der Waals surface area contributed by atoms with Crippen LogP contribution < -0.4 is 9.64 Å². The number of imide groups is 1. The summed E-state index contributed by atoms with van der Waals surface area (Å²) in [5.74, 6) is -0.791. The van der Waals surface area contributed by atoms with Crippen LogP contribution in [0, 0.1) is 13.8 Å². The Morgan fingerprint density at radius 3 is 2.71 bits per heavy atom. The minimum atomic E-state index is -0.934. The number of carbonyl (C=O) groups is 3. The molecule has 6 nitrogen and oxygen atoms in total. The number of ether oxygens (including phenoxy) is 1. The molecule has 1 saturated heterocycles. The number of aliphatic carboxylic acids is 1. The Labute approximate surface area is 166 Å². The fraction of sp³-hybridized carbons (Fsp3) is 0.190. The van der Waals surface area contributed by atoms with Gasteiger partial charge >= 0.3 is 5.97 Å². The molecule has 1 aliphatic rings. The molecule has 144 valence electrons. The molecule has 2 amide bonds. The minimum absolute atomic E-state index is 0.0575. The predicted molar refractivity (Wildman–Crippen MR) is 109 cm³/mol. The summed E-state index contributed by atoms with van der Waals surface area (Å²) in [6.07, 6.45) is 1.54. The van der Waals surface area contributed by atoms with E-state index in [4.69, 9.17) is 9.84 Å². The van der Waals surface area contributed by atoms with E-state index in [9.17, 15) is 14.4 Å². The fourth-order valence-corrected chi connectivity index (χ4v) is 3.57. The van der Waals surface area contributed by atoms with Crippen molar-refractivity contribution in [2.75, 3.05) is 11.5 Å². The third-order valence-electron chi connectivity index (χ3n) is 4.14. The fourth-order valence-electron chi connectivity index (χ4n) is 2.74. The second-order valence-corrected chi connectivity index (χ2v) is 7.36. The number of thioether (sulfide) groups is 1. The summed E-state index contributed by atoms with van der Waals surface area (Å²) in [7, 11) is 0. The summed E-state index contributed by atoms with van der Waals surface area (Å²) < 4.78 is 5.41. The number of nitrogens with zero attached hydrogens (tertiary/aromatic N) is 1. The van der Waals surface area contributed by atoms with Crippen LogP contribution in [0.2, 0.25) is 0 Å². The van der Waals surface area contributed by atoms with Crippen molar-refractivity contribution < 1.29 is 24.2 Å². The van der Waals surface area contributed by atoms with Crippen LogP contribution >= 0.6 is 11.8 Å². The molecule has 1 fully saturated rings. The van der Waals surface area contributed by atoms with Crippen molar-refractivity contribution in [3.63, 3.8) is 0 Å². The maximum atomic E-state index is 12.8. The van der Waals surface area contributed by atoms with Crippen molar-refractivity contribution >= 4 is 40.6 Å². The lowest BCUT2D eigenvalue weighted by Gasteiger charge is -2.16. The van der Waals surface area contributed by atoms with Gasteiger partial charge in [-0.2, -0.15) is 0 Å². The SMILES string of the molecule is Cc1ccc(C)c(N2C(=O)S/C(=C/c3cccc(OCCC(=O)O)c3)C2=O)c1. The first kappa shape index (κ1) is 19.7. The Morgan fingerprint density at radius 1 is 1.18 bits per heavy atom. The number of aryl methyl sites for hydroxylation is 2. The van der Waals surface area contributed by atoms with Gasteiger partial charge in [-0.05, 0) is 66.6 Å². The molecule has 0 aliphatic carbocycles. The lowest BCUT2D eigenvalue weighted by atomic mass is 10.1. The van der Waals surface area contributed by atoms with Crippen LogP contribution in [0.1, 0.15) is 23.1 Å². The van der Waals surface area contributed by atoms with E-state index in [2.05, 4.69) is 0 Å². The topological polar surface area (TPSA) is 83.9 Å². The molecule has 0 atom stereocenters. The molecule has 0 bridgehead atoms. The molecule has 2 aromatic carbocycles. The second-order valence-electron chi connectivity index (χ2n) is 6.37. The third kappa shape index (κ3) is 4.43. The summed E-state index contributed by atoms with van der Waals surface area (Å²) in [5, 5.41) is 8.34. The van der Waals surface area contributed by atoms with Gasteiger partial charge in [0.05, 0.1) is 23.6 Å². The van der Waals surface area contributed by atoms with Crippen LogP contribution in [-0.4, -0.2) is 28.8 Å². The lowest BCUT2D eigenvalue weighted by Crippen LogP contribution is -2.28. The van der Waals surface area contributed by atoms with Gasteiger partial charge in [-0.25, -0.2) is 4.90 Å². The number of carbonyl (C=O) groups excluding carboxylic acids is 2. The summed E-state index contributed by atoms with van der Waals surface area (Å²) >= 11 is 0.894. The van der Waals surface area contributed by atoms with Gasteiger partial charge in [0.1, 0.15) is 5.75 Å². The van der Waals surface area contributed by atoms with E-state index in [-0.39, 0.29) is 24.2 Å². The van der Waals surface area contributed by atoms with Gasteiger partial charge in [-0.3, -0.25) is 14.4 Å². The van der Waals surface area contributed by atoms with E-state index < -0.39 is 5.97 Å². The van der Waals surface area contributed by atoms with Gasteiger partial charge in [0, 0.05) is 0 Å². The van der Waals surface area contributed by atoms with Gasteiger partial charge in [0.15, 0.2) is 0 Å². The highest BCUT2D eigenvalue weighted by Gasteiger charge is 2.37. The Bertz CT molecular complexity index is 983. The number of carboxylic acid groups (broad SMARTS) is 1. The van der Waals surface area contributed by atoms with Gasteiger partial charge in [0.2, 0.25) is 0 Å². The quantitative estimate of drug-likeness (QED) is 0.728. The van der Waals surface area contributed by atoms with E-state index in [0.717, 1.165) is 22.9 Å². The van der Waals surface area contributed by atoms with Gasteiger partial charge in [0.25, 0.3) is 11.1 Å². The van der Waals surface area contributed by atoms with Crippen LogP contribution in [0.3, 0.4) is 0 Å². The molecule has 1 aliphatic heterocycles. The highest BCUT2D eigenvalue weighted by Crippen LogP contribution is 2.37. The highest BCUT2D eigenvalue weighted by atomic mass is 32.2. The molecule has 3 rings (SSSR count). The first-order valence-corrected chi connectivity index (χ1v) is 9.46. The molecule has 0 radical (unpaired) electrons. The molecule has 0 aromatic heterocycles. The number of anilines is 1. The van der Waals surface area contributed by atoms with E-state index >= 15 is 0 Å². The number of rotatable bonds is 6. The zero-order valence-corrected chi connectivity index (χ0v) is 16.3. The van der Waals surface area contributed by atoms with Crippen LogP contribution in [0.15, 0.2) is 47.4 Å². The largest absolute Gasteiger partial charge is 0.493 e. The van der Waals surface area contributed by atoms with Crippen molar-refractivity contribution in [2.45, 2.75) is 20.3 Å². The van der Waals surface area contributed by atoms with E-state index in [0.29, 0.717) is 21.9 Å². The standard InChI is InChI=1S/C21H19NO5S/c1-13-6-7-14(2)17(10-13)22-20(25)18(28-21(22)26)12-15-4-3-5-16(11-15)27-9-8-19(23)24/h3-7,10-12H,8-9H2,1-2H3,(H,23,24)/b18-12+. The summed E-state index contributed by atoms with van der Waals surface area (Å²) in [5.41, 5.74) is 3.11. The number of carboxylic acids is 1. The van der Waals surface area contributed by atoms with Crippen molar-refractivity contribution in [1.29, 1.82) is 0 Å². The van der Waals surface area contributed by atoms with Crippen molar-refractivity contribution in [2.24, 2.45) is 0 Å². The number of amides is 2. The van der Waals surface area contributed by atoms with Crippen LogP contribution in [0.25, 0.3) is 6.08 Å². The molecule has 1 heterocycles. The number of benzene rings is 2. The van der Waals surface area contributed by atoms with Crippen LogP contribution in [0.4, 0.5) is 10.5 Å². The predicted octanol–water partition coefficient (Wildman–Crippen LogP) is 4.40. The second kappa shape index (κ2) is 8.31. The Morgan fingerprint density at radius 2 is 1.96 bits per heavy atom. The molecule has 2 aromatic rings. The van der Waals surface area contributed by atoms with Gasteiger partial charge in [-0.1, -0.05) is 24.3 Å². The summed E-state index contributed by atoms with van der Waals surface area (Å²) in [6.45, 7) is 3.83. The van der Waals surface area contributed by atoms with Crippen LogP contribution in [0.5, 0.6) is 5.75 Å². The smallest absolute Gasteiger partial charge is 0.306 e. The highest BCUT2D eigenvalue weighted by molar-refractivity contribution is 8.19. The van der Waals surface area contributed by atoms with E-state index in [1.165, 1.54) is 4.90 Å². The lowest BCUT2D eigenvalue weighted by molar-refractivity contribution is -0.137. The molecule has 1 N–H and O–H groups in total. The summed E-state index contributed by atoms with van der Waals surface area (Å²) in [6, 6.07) is 12.6. The molecule has 0 saturated carbocycles. The normalized spacial score (nSPS) is 15.4. The van der Waals surface area contributed by atoms with Crippen molar-refractivity contribution in [3.05, 3.63) is 64.1 Å². The monoisotopic (exact) mass is 397 g/mol. The zero-order valence-electron chi connectivity index (χ0n) is 15.5. The minimum Gasteiger partial charge on any atom is -0.493 e. The van der Waals surface area contributed by atoms with Crippen molar-refractivity contribution in [3.8, 4) is 5.75 Å². The average Bonchev–Trinajstić information content (AvgIpc) is 2.91. The first-order valence-electron chi connectivity index (χ1n) is 8.65. The average molecular weight is 397 g/mol. The van der Waals surface area contributed by atoms with Crippen molar-refractivity contribution in [1.82, 2.24) is 0 Å². The Kier molecular flexibility index (Phi) is 5.84. The maximum Gasteiger partial charge on any atom is 0.306 e. The molecule has 0 spiro atoms. The molecule has 7 heteroatoms. The van der Waals surface area contributed by atoms with E-state index in [1.807, 2.05) is 32.0 Å². The third-order valence-corrected chi connectivity index (χ3v) is 5.01. The van der Waals surface area contributed by atoms with Gasteiger partial charge in [-0.15, -0.1) is 0 Å². The molecule has 28 heavy (non-hydrogen) atoms. The number of hydrogen-bond donors (Lipinski definition) is 1. The Hall–Kier alpha value is -3.06. The molecular weight excluding hydrogens is 378 g/mol. The Balaban J connectivity index is 1.82. The van der Waals surface area contributed by atoms with E-state index in [1.54, 1.807) is 30.3 Å². The molecular formula is C21H19NO5S. The van der Waals surface area contributed by atoms with Crippen LogP contribution in [-0.2, 0) is 9.59 Å². The van der Waals surface area contributed by atoms with Gasteiger partial charge < -0.3 is 9.84 Å². The number of hydrogen-bond acceptors (Lipinski definition) is 5. The molecule has 0 unspecified atom stereocenters. The first-order chi connectivity index (χ1) is 13.3. The zero-order chi connectivity index (χ0) is 20.3. The maximum absolute atomic E-state index is 12.8.